The van der Waals surface area contributed by atoms with Crippen LogP contribution in [0.5, 0.6) is 0 Å². The zero-order chi connectivity index (χ0) is 16.7. The highest BCUT2D eigenvalue weighted by atomic mass is 32.1. The second-order valence-corrected chi connectivity index (χ2v) is 6.31. The van der Waals surface area contributed by atoms with E-state index in [2.05, 4.69) is 19.9 Å². The largest absolute Gasteiger partial charge is 0.361 e. The van der Waals surface area contributed by atoms with Crippen molar-refractivity contribution in [3.8, 4) is 0 Å². The van der Waals surface area contributed by atoms with E-state index >= 15 is 0 Å². The molecule has 2 N–H and O–H groups in total. The number of aromatic nitrogens is 3. The van der Waals surface area contributed by atoms with Crippen LogP contribution in [0.1, 0.15) is 16.8 Å². The van der Waals surface area contributed by atoms with Gasteiger partial charge in [-0.05, 0) is 23.8 Å². The molecule has 7 nitrogen and oxygen atoms in total. The molecule has 0 amide bonds. The van der Waals surface area contributed by atoms with E-state index in [1.807, 2.05) is 18.5 Å². The van der Waals surface area contributed by atoms with E-state index in [4.69, 9.17) is 12.2 Å². The topological polar surface area (TPSA) is 90.9 Å². The summed E-state index contributed by atoms with van der Waals surface area (Å²) >= 11 is 5.06. The molecule has 1 aromatic carbocycles. The molecule has 0 atom stereocenters. The Kier molecular flexibility index (Phi) is 3.62. The van der Waals surface area contributed by atoms with Crippen LogP contribution in [0, 0.1) is 14.9 Å². The second-order valence-electron chi connectivity index (χ2n) is 5.92. The molecule has 2 aromatic heterocycles. The number of hydrogen-bond donors (Lipinski definition) is 2. The average molecular weight is 341 g/mol. The van der Waals surface area contributed by atoms with Gasteiger partial charge in [-0.1, -0.05) is 6.07 Å². The van der Waals surface area contributed by atoms with Crippen molar-refractivity contribution >= 4 is 28.8 Å². The van der Waals surface area contributed by atoms with Gasteiger partial charge in [0.25, 0.3) is 5.69 Å². The number of benzene rings is 1. The lowest BCUT2D eigenvalue weighted by atomic mass is 10.1. The SMILES string of the molecule is O=[N+]([O-])c1cccc2[nH]cc(CN3CCc4[nH]c(=S)ncc4C3)c12. The minimum absolute atomic E-state index is 0.145. The van der Waals surface area contributed by atoms with Crippen molar-refractivity contribution in [1.82, 2.24) is 19.9 Å². The number of fused-ring (bicyclic) bond motifs is 2. The maximum absolute atomic E-state index is 11.3. The summed E-state index contributed by atoms with van der Waals surface area (Å²) < 4.78 is 0.509. The summed E-state index contributed by atoms with van der Waals surface area (Å²) in [5, 5.41) is 12.0. The van der Waals surface area contributed by atoms with Crippen molar-refractivity contribution in [1.29, 1.82) is 0 Å². The fourth-order valence-corrected chi connectivity index (χ4v) is 3.47. The van der Waals surface area contributed by atoms with Crippen LogP contribution in [0.3, 0.4) is 0 Å². The average Bonchev–Trinajstić information content (AvgIpc) is 2.98. The number of nitrogens with zero attached hydrogens (tertiary/aromatic N) is 3. The van der Waals surface area contributed by atoms with Crippen LogP contribution < -0.4 is 0 Å². The second kappa shape index (κ2) is 5.81. The van der Waals surface area contributed by atoms with Gasteiger partial charge in [-0.3, -0.25) is 15.0 Å². The van der Waals surface area contributed by atoms with Crippen molar-refractivity contribution in [2.45, 2.75) is 19.5 Å². The lowest BCUT2D eigenvalue weighted by Gasteiger charge is -2.27. The molecule has 4 rings (SSSR count). The first-order valence-corrected chi connectivity index (χ1v) is 8.05. The molecule has 0 fully saturated rings. The third-order valence-corrected chi connectivity index (χ3v) is 4.62. The molecule has 0 saturated heterocycles. The number of nitrogens with one attached hydrogen (secondary N) is 2. The van der Waals surface area contributed by atoms with Gasteiger partial charge in [0.1, 0.15) is 0 Å². The van der Waals surface area contributed by atoms with Crippen molar-refractivity contribution in [3.05, 3.63) is 62.3 Å². The number of non-ortho nitro benzene ring substituents is 1. The Balaban J connectivity index is 1.65. The van der Waals surface area contributed by atoms with Crippen LogP contribution >= 0.6 is 12.2 Å². The third-order valence-electron chi connectivity index (χ3n) is 4.41. The first-order chi connectivity index (χ1) is 11.6. The number of rotatable bonds is 3. The fourth-order valence-electron chi connectivity index (χ4n) is 3.29. The molecule has 24 heavy (non-hydrogen) atoms. The van der Waals surface area contributed by atoms with Crippen LogP contribution in [-0.4, -0.2) is 31.3 Å². The molecular weight excluding hydrogens is 326 g/mol. The van der Waals surface area contributed by atoms with Crippen molar-refractivity contribution < 1.29 is 4.92 Å². The predicted octanol–water partition coefficient (Wildman–Crippen LogP) is 3.09. The zero-order valence-corrected chi connectivity index (χ0v) is 13.6. The highest BCUT2D eigenvalue weighted by Crippen LogP contribution is 2.30. The molecule has 0 spiro atoms. The van der Waals surface area contributed by atoms with Gasteiger partial charge in [-0.15, -0.1) is 0 Å². The Bertz CT molecular complexity index is 994. The maximum atomic E-state index is 11.3. The number of nitro groups is 1. The molecule has 0 saturated carbocycles. The van der Waals surface area contributed by atoms with Gasteiger partial charge < -0.3 is 9.97 Å². The predicted molar refractivity (Wildman–Crippen MR) is 92.2 cm³/mol. The maximum Gasteiger partial charge on any atom is 0.279 e. The van der Waals surface area contributed by atoms with Crippen molar-refractivity contribution in [3.63, 3.8) is 0 Å². The summed E-state index contributed by atoms with van der Waals surface area (Å²) in [4.78, 5) is 23.7. The van der Waals surface area contributed by atoms with E-state index in [0.29, 0.717) is 16.7 Å². The van der Waals surface area contributed by atoms with E-state index in [1.54, 1.807) is 12.1 Å². The minimum atomic E-state index is -0.324. The van der Waals surface area contributed by atoms with Crippen LogP contribution in [0.2, 0.25) is 0 Å². The molecule has 1 aliphatic rings. The summed E-state index contributed by atoms with van der Waals surface area (Å²) in [7, 11) is 0. The van der Waals surface area contributed by atoms with Crippen LogP contribution in [0.15, 0.2) is 30.6 Å². The third kappa shape index (κ3) is 2.59. The van der Waals surface area contributed by atoms with Crippen LogP contribution in [-0.2, 0) is 19.5 Å². The summed E-state index contributed by atoms with van der Waals surface area (Å²) in [6.07, 6.45) is 4.55. The van der Waals surface area contributed by atoms with Crippen molar-refractivity contribution in [2.24, 2.45) is 0 Å². The lowest BCUT2D eigenvalue weighted by molar-refractivity contribution is -0.383. The Morgan fingerprint density at radius 1 is 1.42 bits per heavy atom. The minimum Gasteiger partial charge on any atom is -0.361 e. The van der Waals surface area contributed by atoms with Crippen molar-refractivity contribution in [2.75, 3.05) is 6.54 Å². The standard InChI is InChI=1S/C16H15N5O2S/c22-21(23)14-3-1-2-13-15(14)11(7-17-13)9-20-5-4-12-10(8-20)6-18-16(24)19-12/h1-3,6-7,17H,4-5,8-9H2,(H,18,19,24). The highest BCUT2D eigenvalue weighted by molar-refractivity contribution is 7.71. The smallest absolute Gasteiger partial charge is 0.279 e. The Morgan fingerprint density at radius 3 is 3.12 bits per heavy atom. The van der Waals surface area contributed by atoms with Gasteiger partial charge in [0.05, 0.1) is 15.8 Å². The summed E-state index contributed by atoms with van der Waals surface area (Å²) in [5.74, 6) is 0. The first-order valence-electron chi connectivity index (χ1n) is 7.64. The quantitative estimate of drug-likeness (QED) is 0.434. The van der Waals surface area contributed by atoms with Gasteiger partial charge in [-0.25, -0.2) is 4.98 Å². The lowest BCUT2D eigenvalue weighted by Crippen LogP contribution is -2.30. The van der Waals surface area contributed by atoms with E-state index < -0.39 is 0 Å². The van der Waals surface area contributed by atoms with Gasteiger partial charge in [0, 0.05) is 55.8 Å². The Labute approximate surface area is 142 Å². The molecule has 0 aliphatic carbocycles. The summed E-state index contributed by atoms with van der Waals surface area (Å²) in [6.45, 7) is 2.28. The van der Waals surface area contributed by atoms with Crippen LogP contribution in [0.25, 0.3) is 10.9 Å². The molecule has 3 aromatic rings. The molecule has 3 heterocycles. The molecule has 122 valence electrons. The number of hydrogen-bond acceptors (Lipinski definition) is 5. The molecule has 1 aliphatic heterocycles. The fraction of sp³-hybridized carbons (Fsp3) is 0.250. The van der Waals surface area contributed by atoms with Gasteiger partial charge in [-0.2, -0.15) is 0 Å². The van der Waals surface area contributed by atoms with E-state index in [1.165, 1.54) is 0 Å². The highest BCUT2D eigenvalue weighted by Gasteiger charge is 2.21. The van der Waals surface area contributed by atoms with Gasteiger partial charge in [0.15, 0.2) is 4.77 Å². The van der Waals surface area contributed by atoms with E-state index in [9.17, 15) is 10.1 Å². The molecule has 0 radical (unpaired) electrons. The number of nitro benzene ring substituents is 1. The number of aromatic amines is 2. The molecule has 0 unspecified atom stereocenters. The normalized spacial score (nSPS) is 14.7. The first kappa shape index (κ1) is 15.0. The summed E-state index contributed by atoms with van der Waals surface area (Å²) in [5.41, 5.74) is 4.15. The number of H-pyrrole nitrogens is 2. The Morgan fingerprint density at radius 2 is 2.29 bits per heavy atom. The molecule has 8 heteroatoms. The molecular formula is C16H15N5O2S. The van der Waals surface area contributed by atoms with Gasteiger partial charge >= 0.3 is 0 Å². The van der Waals surface area contributed by atoms with Crippen LogP contribution in [0.4, 0.5) is 5.69 Å². The monoisotopic (exact) mass is 341 g/mol. The van der Waals surface area contributed by atoms with Gasteiger partial charge in [0.2, 0.25) is 0 Å². The molecule has 0 bridgehead atoms. The summed E-state index contributed by atoms with van der Waals surface area (Å²) in [6, 6.07) is 5.11. The zero-order valence-electron chi connectivity index (χ0n) is 12.8. The Hall–Kier alpha value is -2.58. The van der Waals surface area contributed by atoms with E-state index in [0.717, 1.165) is 41.8 Å². The van der Waals surface area contributed by atoms with E-state index in [-0.39, 0.29) is 10.6 Å².